The zero-order valence-electron chi connectivity index (χ0n) is 13.9. The smallest absolute Gasteiger partial charge is 0.416 e. The van der Waals surface area contributed by atoms with Gasteiger partial charge in [-0.25, -0.2) is 9.78 Å². The molecule has 1 atom stereocenters. The highest BCUT2D eigenvalue weighted by atomic mass is 19.4. The van der Waals surface area contributed by atoms with Crippen LogP contribution < -0.4 is 0 Å². The maximum Gasteiger partial charge on any atom is 0.416 e. The van der Waals surface area contributed by atoms with E-state index in [1.807, 2.05) is 0 Å². The minimum Gasteiger partial charge on any atom is -0.477 e. The van der Waals surface area contributed by atoms with Crippen LogP contribution in [-0.4, -0.2) is 46.6 Å². The monoisotopic (exact) mass is 380 g/mol. The molecule has 6 nitrogen and oxygen atoms in total. The summed E-state index contributed by atoms with van der Waals surface area (Å²) in [5, 5.41) is 8.98. The molecule has 2 heterocycles. The van der Waals surface area contributed by atoms with Crippen molar-refractivity contribution in [1.29, 1.82) is 0 Å². The zero-order valence-corrected chi connectivity index (χ0v) is 13.9. The van der Waals surface area contributed by atoms with E-state index in [9.17, 15) is 22.8 Å². The second-order valence-corrected chi connectivity index (χ2v) is 5.94. The second kappa shape index (κ2) is 7.36. The van der Waals surface area contributed by atoms with Gasteiger partial charge in [0.2, 0.25) is 0 Å². The van der Waals surface area contributed by atoms with Crippen molar-refractivity contribution in [3.05, 3.63) is 65.0 Å². The Morgan fingerprint density at radius 1 is 1.11 bits per heavy atom. The van der Waals surface area contributed by atoms with Crippen LogP contribution in [0.25, 0.3) is 0 Å². The van der Waals surface area contributed by atoms with Crippen LogP contribution in [0.3, 0.4) is 0 Å². The second-order valence-electron chi connectivity index (χ2n) is 5.94. The number of morpholine rings is 1. The lowest BCUT2D eigenvalue weighted by Crippen LogP contribution is -2.42. The number of hydrogen-bond donors (Lipinski definition) is 1. The van der Waals surface area contributed by atoms with Gasteiger partial charge in [0.15, 0.2) is 0 Å². The van der Waals surface area contributed by atoms with Crippen molar-refractivity contribution < 1.29 is 32.6 Å². The summed E-state index contributed by atoms with van der Waals surface area (Å²) in [4.78, 5) is 28.9. The number of aromatic nitrogens is 1. The van der Waals surface area contributed by atoms with Crippen LogP contribution in [0.4, 0.5) is 13.2 Å². The number of aromatic carboxylic acids is 1. The Bertz CT molecular complexity index is 852. The number of pyridine rings is 1. The maximum atomic E-state index is 12.7. The third-order valence-corrected chi connectivity index (χ3v) is 4.15. The Morgan fingerprint density at radius 3 is 2.41 bits per heavy atom. The number of halogens is 3. The Kier molecular flexibility index (Phi) is 5.13. The van der Waals surface area contributed by atoms with Crippen LogP contribution in [0.15, 0.2) is 42.5 Å². The number of hydrogen-bond acceptors (Lipinski definition) is 4. The Labute approximate surface area is 152 Å². The zero-order chi connectivity index (χ0) is 19.6. The molecular formula is C18H15F3N2O4. The first-order chi connectivity index (χ1) is 12.8. The van der Waals surface area contributed by atoms with Crippen LogP contribution in [0, 0.1) is 0 Å². The van der Waals surface area contributed by atoms with Crippen molar-refractivity contribution in [2.75, 3.05) is 19.7 Å². The average Bonchev–Trinajstić information content (AvgIpc) is 2.67. The number of nitrogens with zero attached hydrogens (tertiary/aromatic N) is 2. The van der Waals surface area contributed by atoms with Gasteiger partial charge in [0, 0.05) is 6.54 Å². The molecule has 0 saturated carbocycles. The van der Waals surface area contributed by atoms with Gasteiger partial charge in [0.25, 0.3) is 5.91 Å². The largest absolute Gasteiger partial charge is 0.477 e. The molecular weight excluding hydrogens is 365 g/mol. The molecule has 0 spiro atoms. The van der Waals surface area contributed by atoms with Crippen molar-refractivity contribution >= 4 is 11.9 Å². The fourth-order valence-corrected chi connectivity index (χ4v) is 2.76. The molecule has 9 heteroatoms. The molecule has 2 aromatic rings. The summed E-state index contributed by atoms with van der Waals surface area (Å²) in [7, 11) is 0. The molecule has 1 aliphatic rings. The van der Waals surface area contributed by atoms with Gasteiger partial charge < -0.3 is 14.7 Å². The number of rotatable bonds is 3. The van der Waals surface area contributed by atoms with E-state index in [2.05, 4.69) is 4.98 Å². The number of carboxylic acid groups (broad SMARTS) is 1. The molecule has 142 valence electrons. The van der Waals surface area contributed by atoms with Gasteiger partial charge >= 0.3 is 12.1 Å². The van der Waals surface area contributed by atoms with E-state index >= 15 is 0 Å². The van der Waals surface area contributed by atoms with Gasteiger partial charge in [-0.05, 0) is 29.8 Å². The van der Waals surface area contributed by atoms with Gasteiger partial charge in [-0.3, -0.25) is 4.79 Å². The Hall–Kier alpha value is -2.94. The summed E-state index contributed by atoms with van der Waals surface area (Å²) in [6.07, 6.45) is -5.00. The topological polar surface area (TPSA) is 79.7 Å². The van der Waals surface area contributed by atoms with Crippen LogP contribution >= 0.6 is 0 Å². The number of amides is 1. The number of carbonyl (C=O) groups is 2. The van der Waals surface area contributed by atoms with E-state index in [4.69, 9.17) is 9.84 Å². The van der Waals surface area contributed by atoms with Gasteiger partial charge in [0.1, 0.15) is 17.5 Å². The van der Waals surface area contributed by atoms with Crippen LogP contribution in [0.2, 0.25) is 0 Å². The van der Waals surface area contributed by atoms with Crippen LogP contribution in [0.5, 0.6) is 0 Å². The lowest BCUT2D eigenvalue weighted by molar-refractivity contribution is -0.137. The number of benzene rings is 1. The molecule has 0 radical (unpaired) electrons. The van der Waals surface area contributed by atoms with Crippen molar-refractivity contribution in [2.24, 2.45) is 0 Å². The normalized spacial score (nSPS) is 17.6. The van der Waals surface area contributed by atoms with E-state index in [1.54, 1.807) is 0 Å². The first kappa shape index (κ1) is 18.8. The molecule has 0 bridgehead atoms. The van der Waals surface area contributed by atoms with Gasteiger partial charge in [-0.2, -0.15) is 13.2 Å². The molecule has 1 aliphatic heterocycles. The van der Waals surface area contributed by atoms with Crippen molar-refractivity contribution in [1.82, 2.24) is 9.88 Å². The molecule has 0 aliphatic carbocycles. The molecule has 1 saturated heterocycles. The molecule has 3 rings (SSSR count). The molecule has 1 amide bonds. The predicted octanol–water partition coefficient (Wildman–Crippen LogP) is 3.01. The number of ether oxygens (including phenoxy) is 1. The molecule has 1 N–H and O–H groups in total. The van der Waals surface area contributed by atoms with E-state index in [0.717, 1.165) is 12.1 Å². The summed E-state index contributed by atoms with van der Waals surface area (Å²) in [5.74, 6) is -1.70. The fourth-order valence-electron chi connectivity index (χ4n) is 2.76. The van der Waals surface area contributed by atoms with Gasteiger partial charge in [0.05, 0.1) is 18.7 Å². The quantitative estimate of drug-likeness (QED) is 0.886. The van der Waals surface area contributed by atoms with E-state index in [0.29, 0.717) is 5.56 Å². The van der Waals surface area contributed by atoms with Crippen LogP contribution in [0.1, 0.15) is 38.2 Å². The summed E-state index contributed by atoms with van der Waals surface area (Å²) < 4.78 is 43.6. The number of carboxylic acids is 1. The minimum absolute atomic E-state index is 0.0111. The van der Waals surface area contributed by atoms with Crippen molar-refractivity contribution in [2.45, 2.75) is 12.3 Å². The van der Waals surface area contributed by atoms with Gasteiger partial charge in [-0.15, -0.1) is 0 Å². The van der Waals surface area contributed by atoms with E-state index in [-0.39, 0.29) is 31.1 Å². The SMILES string of the molecule is O=C(O)c1cccc(C(=O)N2CCOC(c3ccc(C(F)(F)F)cc3)C2)n1. The first-order valence-electron chi connectivity index (χ1n) is 8.04. The number of alkyl halides is 3. The average molecular weight is 380 g/mol. The van der Waals surface area contributed by atoms with E-state index in [1.165, 1.54) is 35.2 Å². The van der Waals surface area contributed by atoms with Crippen molar-refractivity contribution in [3.8, 4) is 0 Å². The van der Waals surface area contributed by atoms with E-state index < -0.39 is 29.7 Å². The highest BCUT2D eigenvalue weighted by Gasteiger charge is 2.31. The highest BCUT2D eigenvalue weighted by Crippen LogP contribution is 2.31. The molecule has 1 aromatic heterocycles. The lowest BCUT2D eigenvalue weighted by Gasteiger charge is -2.33. The summed E-state index contributed by atoms with van der Waals surface area (Å²) in [6.45, 7) is 0.605. The molecule has 1 unspecified atom stereocenters. The third-order valence-electron chi connectivity index (χ3n) is 4.15. The maximum absolute atomic E-state index is 12.7. The predicted molar refractivity (Wildman–Crippen MR) is 87.2 cm³/mol. The minimum atomic E-state index is -4.42. The summed E-state index contributed by atoms with van der Waals surface area (Å²) in [6, 6.07) is 8.71. The molecule has 27 heavy (non-hydrogen) atoms. The Balaban J connectivity index is 1.75. The van der Waals surface area contributed by atoms with Gasteiger partial charge in [-0.1, -0.05) is 18.2 Å². The lowest BCUT2D eigenvalue weighted by atomic mass is 10.0. The third kappa shape index (κ3) is 4.25. The number of carbonyl (C=O) groups excluding carboxylic acids is 1. The first-order valence-corrected chi connectivity index (χ1v) is 8.04. The Morgan fingerprint density at radius 2 is 1.78 bits per heavy atom. The fraction of sp³-hybridized carbons (Fsp3) is 0.278. The molecule has 1 fully saturated rings. The summed E-state index contributed by atoms with van der Waals surface area (Å²) in [5.41, 5.74) is -0.492. The standard InChI is InChI=1S/C18H15F3N2O4/c19-18(20,21)12-6-4-11(5-7-12)15-10-23(8-9-27-15)16(24)13-2-1-3-14(22-13)17(25)26/h1-7,15H,8-10H2,(H,25,26). The van der Waals surface area contributed by atoms with Crippen LogP contribution in [-0.2, 0) is 10.9 Å². The summed E-state index contributed by atoms with van der Waals surface area (Å²) >= 11 is 0. The molecule has 1 aromatic carbocycles. The highest BCUT2D eigenvalue weighted by molar-refractivity contribution is 5.94. The van der Waals surface area contributed by atoms with Crippen molar-refractivity contribution in [3.63, 3.8) is 0 Å².